The SMILES string of the molecule is C=CC=Cc1cnc(C)c(C)c1. The van der Waals surface area contributed by atoms with E-state index in [9.17, 15) is 0 Å². The van der Waals surface area contributed by atoms with Gasteiger partial charge < -0.3 is 0 Å². The molecule has 62 valence electrons. The summed E-state index contributed by atoms with van der Waals surface area (Å²) in [7, 11) is 0. The Bertz CT molecular complexity index is 311. The maximum Gasteiger partial charge on any atom is 0.0402 e. The highest BCUT2D eigenvalue weighted by atomic mass is 14.7. The van der Waals surface area contributed by atoms with Crippen LogP contribution in [0.5, 0.6) is 0 Å². The molecule has 0 aliphatic rings. The molecule has 0 unspecified atom stereocenters. The van der Waals surface area contributed by atoms with E-state index >= 15 is 0 Å². The van der Waals surface area contributed by atoms with E-state index in [0.717, 1.165) is 11.3 Å². The van der Waals surface area contributed by atoms with Crippen LogP contribution in [-0.4, -0.2) is 4.98 Å². The van der Waals surface area contributed by atoms with Crippen molar-refractivity contribution in [2.24, 2.45) is 0 Å². The minimum atomic E-state index is 1.09. The van der Waals surface area contributed by atoms with Crippen molar-refractivity contribution >= 4 is 6.08 Å². The van der Waals surface area contributed by atoms with Crippen LogP contribution >= 0.6 is 0 Å². The van der Waals surface area contributed by atoms with Crippen molar-refractivity contribution in [1.29, 1.82) is 0 Å². The second-order valence-corrected chi connectivity index (χ2v) is 2.77. The van der Waals surface area contributed by atoms with E-state index in [0.29, 0.717) is 0 Å². The maximum absolute atomic E-state index is 4.25. The molecule has 1 heteroatoms. The lowest BCUT2D eigenvalue weighted by atomic mass is 10.1. The van der Waals surface area contributed by atoms with Crippen LogP contribution in [0.2, 0.25) is 0 Å². The van der Waals surface area contributed by atoms with Crippen molar-refractivity contribution in [3.05, 3.63) is 47.8 Å². The first-order valence-corrected chi connectivity index (χ1v) is 3.96. The molecular weight excluding hydrogens is 146 g/mol. The minimum Gasteiger partial charge on any atom is -0.261 e. The Balaban J connectivity index is 2.96. The number of aryl methyl sites for hydroxylation is 2. The van der Waals surface area contributed by atoms with Crippen LogP contribution in [0.1, 0.15) is 16.8 Å². The molecule has 0 aliphatic carbocycles. The van der Waals surface area contributed by atoms with Crippen molar-refractivity contribution in [2.75, 3.05) is 0 Å². The quantitative estimate of drug-likeness (QED) is 0.604. The van der Waals surface area contributed by atoms with Gasteiger partial charge in [0.05, 0.1) is 0 Å². The van der Waals surface area contributed by atoms with Crippen molar-refractivity contribution in [1.82, 2.24) is 4.98 Å². The Morgan fingerprint density at radius 2 is 2.17 bits per heavy atom. The maximum atomic E-state index is 4.25. The van der Waals surface area contributed by atoms with E-state index < -0.39 is 0 Å². The second-order valence-electron chi connectivity index (χ2n) is 2.77. The molecule has 0 aliphatic heterocycles. The van der Waals surface area contributed by atoms with E-state index in [4.69, 9.17) is 0 Å². The fraction of sp³-hybridized carbons (Fsp3) is 0.182. The first-order chi connectivity index (χ1) is 5.74. The topological polar surface area (TPSA) is 12.9 Å². The summed E-state index contributed by atoms with van der Waals surface area (Å²) in [6.07, 6.45) is 7.52. The van der Waals surface area contributed by atoms with Gasteiger partial charge in [-0.15, -0.1) is 0 Å². The number of nitrogens with zero attached hydrogens (tertiary/aromatic N) is 1. The lowest BCUT2D eigenvalue weighted by Gasteiger charge is -1.98. The first kappa shape index (κ1) is 8.72. The van der Waals surface area contributed by atoms with Crippen molar-refractivity contribution in [2.45, 2.75) is 13.8 Å². The van der Waals surface area contributed by atoms with Crippen LogP contribution in [0.15, 0.2) is 31.0 Å². The van der Waals surface area contributed by atoms with E-state index in [1.165, 1.54) is 5.56 Å². The summed E-state index contributed by atoms with van der Waals surface area (Å²) >= 11 is 0. The molecule has 0 saturated carbocycles. The van der Waals surface area contributed by atoms with Crippen LogP contribution in [0.3, 0.4) is 0 Å². The van der Waals surface area contributed by atoms with Gasteiger partial charge in [-0.2, -0.15) is 0 Å². The standard InChI is InChI=1S/C11H13N/c1-4-5-6-11-7-9(2)10(3)12-8-11/h4-8H,1H2,2-3H3. The van der Waals surface area contributed by atoms with Gasteiger partial charge in [0, 0.05) is 11.9 Å². The normalized spacial score (nSPS) is 10.5. The van der Waals surface area contributed by atoms with Gasteiger partial charge >= 0.3 is 0 Å². The van der Waals surface area contributed by atoms with Gasteiger partial charge in [-0.05, 0) is 31.0 Å². The Hall–Kier alpha value is -1.37. The fourth-order valence-electron chi connectivity index (χ4n) is 0.935. The summed E-state index contributed by atoms with van der Waals surface area (Å²) in [6.45, 7) is 7.68. The van der Waals surface area contributed by atoms with Crippen LogP contribution in [0.4, 0.5) is 0 Å². The van der Waals surface area contributed by atoms with Gasteiger partial charge in [0.2, 0.25) is 0 Å². The van der Waals surface area contributed by atoms with E-state index in [-0.39, 0.29) is 0 Å². The molecule has 0 aromatic carbocycles. The second kappa shape index (κ2) is 3.86. The van der Waals surface area contributed by atoms with Gasteiger partial charge in [-0.1, -0.05) is 24.8 Å². The molecule has 1 nitrogen and oxygen atoms in total. The lowest BCUT2D eigenvalue weighted by molar-refractivity contribution is 1.14. The van der Waals surface area contributed by atoms with Gasteiger partial charge in [0.25, 0.3) is 0 Å². The first-order valence-electron chi connectivity index (χ1n) is 3.96. The Labute approximate surface area is 73.5 Å². The molecule has 12 heavy (non-hydrogen) atoms. The van der Waals surface area contributed by atoms with Crippen molar-refractivity contribution in [3.8, 4) is 0 Å². The Kier molecular flexibility index (Phi) is 2.81. The lowest BCUT2D eigenvalue weighted by Crippen LogP contribution is -1.86. The third-order valence-electron chi connectivity index (χ3n) is 1.79. The highest BCUT2D eigenvalue weighted by molar-refractivity contribution is 5.50. The molecule has 0 amide bonds. The fourth-order valence-corrected chi connectivity index (χ4v) is 0.935. The Morgan fingerprint density at radius 3 is 2.75 bits per heavy atom. The highest BCUT2D eigenvalue weighted by Crippen LogP contribution is 2.07. The van der Waals surface area contributed by atoms with Crippen LogP contribution in [0.25, 0.3) is 6.08 Å². The van der Waals surface area contributed by atoms with Crippen molar-refractivity contribution < 1.29 is 0 Å². The number of hydrogen-bond acceptors (Lipinski definition) is 1. The number of allylic oxidation sites excluding steroid dienone is 2. The molecule has 1 rings (SSSR count). The van der Waals surface area contributed by atoms with Crippen LogP contribution in [0, 0.1) is 13.8 Å². The molecule has 0 N–H and O–H groups in total. The van der Waals surface area contributed by atoms with E-state index in [2.05, 4.69) is 24.6 Å². The predicted molar refractivity (Wildman–Crippen MR) is 52.9 cm³/mol. The molecule has 1 aromatic rings. The molecule has 0 atom stereocenters. The summed E-state index contributed by atoms with van der Waals surface area (Å²) < 4.78 is 0. The van der Waals surface area contributed by atoms with Crippen LogP contribution in [-0.2, 0) is 0 Å². The number of rotatable bonds is 2. The predicted octanol–water partition coefficient (Wildman–Crippen LogP) is 2.90. The summed E-state index contributed by atoms with van der Waals surface area (Å²) in [4.78, 5) is 4.25. The third-order valence-corrected chi connectivity index (χ3v) is 1.79. The summed E-state index contributed by atoms with van der Waals surface area (Å²) in [5.74, 6) is 0. The molecule has 0 fully saturated rings. The van der Waals surface area contributed by atoms with Gasteiger partial charge in [-0.25, -0.2) is 0 Å². The zero-order valence-corrected chi connectivity index (χ0v) is 7.54. The smallest absolute Gasteiger partial charge is 0.0402 e. The molecule has 0 spiro atoms. The third kappa shape index (κ3) is 2.06. The van der Waals surface area contributed by atoms with Gasteiger partial charge in [0.1, 0.15) is 0 Å². The number of hydrogen-bond donors (Lipinski definition) is 0. The van der Waals surface area contributed by atoms with E-state index in [1.54, 1.807) is 6.08 Å². The van der Waals surface area contributed by atoms with Crippen molar-refractivity contribution in [3.63, 3.8) is 0 Å². The average Bonchev–Trinajstić information content (AvgIpc) is 2.07. The molecule has 0 bridgehead atoms. The van der Waals surface area contributed by atoms with Crippen LogP contribution < -0.4 is 0 Å². The van der Waals surface area contributed by atoms with Gasteiger partial charge in [-0.3, -0.25) is 4.98 Å². The molecular formula is C11H13N. The number of aromatic nitrogens is 1. The zero-order chi connectivity index (χ0) is 8.97. The molecule has 1 heterocycles. The highest BCUT2D eigenvalue weighted by Gasteiger charge is 1.92. The summed E-state index contributed by atoms with van der Waals surface area (Å²) in [5, 5.41) is 0. The molecule has 0 saturated heterocycles. The minimum absolute atomic E-state index is 1.09. The molecule has 0 radical (unpaired) electrons. The number of pyridine rings is 1. The van der Waals surface area contributed by atoms with Gasteiger partial charge in [0.15, 0.2) is 0 Å². The largest absolute Gasteiger partial charge is 0.261 e. The average molecular weight is 159 g/mol. The zero-order valence-electron chi connectivity index (χ0n) is 7.54. The van der Waals surface area contributed by atoms with E-state index in [1.807, 2.05) is 25.3 Å². The summed E-state index contributed by atoms with van der Waals surface area (Å²) in [5.41, 5.74) is 3.44. The Morgan fingerprint density at radius 1 is 1.42 bits per heavy atom. The molecule has 1 aromatic heterocycles. The summed E-state index contributed by atoms with van der Waals surface area (Å²) in [6, 6.07) is 2.11. The monoisotopic (exact) mass is 159 g/mol.